The highest BCUT2D eigenvalue weighted by molar-refractivity contribution is 4.94. The zero-order valence-electron chi connectivity index (χ0n) is 14.9. The summed E-state index contributed by atoms with van der Waals surface area (Å²) >= 11 is 0. The van der Waals surface area contributed by atoms with Crippen molar-refractivity contribution in [3.63, 3.8) is 0 Å². The third kappa shape index (κ3) is 4.69. The van der Waals surface area contributed by atoms with E-state index in [0.717, 1.165) is 30.0 Å². The Hall–Kier alpha value is -0.0800. The first kappa shape index (κ1) is 17.3. The molecule has 0 aromatic heterocycles. The molecule has 1 aliphatic carbocycles. The van der Waals surface area contributed by atoms with Crippen LogP contribution in [0, 0.1) is 11.8 Å². The Balaban J connectivity index is 2.06. The molecule has 4 atom stereocenters. The summed E-state index contributed by atoms with van der Waals surface area (Å²) in [4.78, 5) is 2.88. The first-order valence-electron chi connectivity index (χ1n) is 9.62. The number of nitrogens with zero attached hydrogens (tertiary/aromatic N) is 1. The molecule has 0 aromatic rings. The fraction of sp³-hybridized carbons (Fsp3) is 1.00. The van der Waals surface area contributed by atoms with Crippen molar-refractivity contribution >= 4 is 0 Å². The average molecular weight is 295 g/mol. The van der Waals surface area contributed by atoms with Crippen LogP contribution in [0.15, 0.2) is 0 Å². The van der Waals surface area contributed by atoms with E-state index in [1.807, 2.05) is 0 Å². The average Bonchev–Trinajstić information content (AvgIpc) is 2.69. The summed E-state index contributed by atoms with van der Waals surface area (Å²) < 4.78 is 0. The number of hydrogen-bond donors (Lipinski definition) is 1. The number of nitrogens with one attached hydrogen (secondary N) is 1. The first-order valence-corrected chi connectivity index (χ1v) is 9.62. The monoisotopic (exact) mass is 294 g/mol. The van der Waals surface area contributed by atoms with Crippen LogP contribution in [-0.4, -0.2) is 36.1 Å². The zero-order valence-corrected chi connectivity index (χ0v) is 14.9. The van der Waals surface area contributed by atoms with E-state index in [9.17, 15) is 0 Å². The molecule has 2 aliphatic rings. The van der Waals surface area contributed by atoms with Gasteiger partial charge < -0.3 is 5.32 Å². The van der Waals surface area contributed by atoms with E-state index in [1.54, 1.807) is 0 Å². The highest BCUT2D eigenvalue weighted by Gasteiger charge is 2.36. The lowest BCUT2D eigenvalue weighted by Crippen LogP contribution is -2.56. The standard InChI is InChI=1S/C19H38N2/c1-5-12-20-18-11-10-17(15(2)3)14-19(18)21-13-8-6-7-9-16(21)4/h15-20H,5-14H2,1-4H3. The van der Waals surface area contributed by atoms with Crippen molar-refractivity contribution in [3.8, 4) is 0 Å². The van der Waals surface area contributed by atoms with Crippen molar-refractivity contribution < 1.29 is 0 Å². The normalized spacial score (nSPS) is 35.9. The molecule has 4 unspecified atom stereocenters. The Morgan fingerprint density at radius 1 is 1.10 bits per heavy atom. The molecule has 1 saturated carbocycles. The molecule has 0 spiro atoms. The molecular weight excluding hydrogens is 256 g/mol. The molecule has 1 heterocycles. The van der Waals surface area contributed by atoms with Crippen molar-refractivity contribution in [1.29, 1.82) is 0 Å². The van der Waals surface area contributed by atoms with Gasteiger partial charge in [-0.1, -0.05) is 33.6 Å². The first-order chi connectivity index (χ1) is 10.1. The van der Waals surface area contributed by atoms with Gasteiger partial charge >= 0.3 is 0 Å². The fourth-order valence-electron chi connectivity index (χ4n) is 4.51. The highest BCUT2D eigenvalue weighted by atomic mass is 15.2. The molecular formula is C19H38N2. The van der Waals surface area contributed by atoms with Gasteiger partial charge in [-0.25, -0.2) is 0 Å². The van der Waals surface area contributed by atoms with Crippen LogP contribution < -0.4 is 5.32 Å². The Bertz CT molecular complexity index is 289. The number of hydrogen-bond acceptors (Lipinski definition) is 2. The molecule has 0 radical (unpaired) electrons. The molecule has 2 fully saturated rings. The smallest absolute Gasteiger partial charge is 0.0254 e. The predicted octanol–water partition coefficient (Wildman–Crippen LogP) is 4.44. The number of likely N-dealkylation sites (tertiary alicyclic amines) is 1. The van der Waals surface area contributed by atoms with Crippen LogP contribution in [0.2, 0.25) is 0 Å². The Kier molecular flexibility index (Phi) is 7.01. The summed E-state index contributed by atoms with van der Waals surface area (Å²) in [5, 5.41) is 3.88. The van der Waals surface area contributed by atoms with Gasteiger partial charge in [-0.2, -0.15) is 0 Å². The fourth-order valence-corrected chi connectivity index (χ4v) is 4.51. The summed E-state index contributed by atoms with van der Waals surface area (Å²) in [5.41, 5.74) is 0. The second-order valence-corrected chi connectivity index (χ2v) is 7.88. The minimum Gasteiger partial charge on any atom is -0.312 e. The van der Waals surface area contributed by atoms with Gasteiger partial charge in [-0.05, 0) is 70.4 Å². The molecule has 2 nitrogen and oxygen atoms in total. The lowest BCUT2D eigenvalue weighted by Gasteiger charge is -2.46. The van der Waals surface area contributed by atoms with E-state index < -0.39 is 0 Å². The molecule has 124 valence electrons. The van der Waals surface area contributed by atoms with E-state index in [-0.39, 0.29) is 0 Å². The van der Waals surface area contributed by atoms with Crippen molar-refractivity contribution in [2.45, 2.75) is 97.2 Å². The number of rotatable bonds is 5. The maximum atomic E-state index is 3.88. The van der Waals surface area contributed by atoms with Gasteiger partial charge in [-0.15, -0.1) is 0 Å². The largest absolute Gasteiger partial charge is 0.312 e. The van der Waals surface area contributed by atoms with E-state index in [0.29, 0.717) is 0 Å². The summed E-state index contributed by atoms with van der Waals surface area (Å²) in [6.45, 7) is 12.1. The van der Waals surface area contributed by atoms with Crippen LogP contribution in [0.5, 0.6) is 0 Å². The lowest BCUT2D eigenvalue weighted by atomic mass is 9.76. The van der Waals surface area contributed by atoms with Crippen LogP contribution in [0.4, 0.5) is 0 Å². The highest BCUT2D eigenvalue weighted by Crippen LogP contribution is 2.35. The van der Waals surface area contributed by atoms with Crippen molar-refractivity contribution in [3.05, 3.63) is 0 Å². The van der Waals surface area contributed by atoms with E-state index in [4.69, 9.17) is 0 Å². The van der Waals surface area contributed by atoms with Crippen LogP contribution in [0.25, 0.3) is 0 Å². The third-order valence-electron chi connectivity index (χ3n) is 5.99. The van der Waals surface area contributed by atoms with Gasteiger partial charge in [0.1, 0.15) is 0 Å². The van der Waals surface area contributed by atoms with Crippen molar-refractivity contribution in [2.75, 3.05) is 13.1 Å². The molecule has 2 heteroatoms. The SMILES string of the molecule is CCCNC1CCC(C(C)C)CC1N1CCCCCC1C. The Morgan fingerprint density at radius 3 is 2.62 bits per heavy atom. The Morgan fingerprint density at radius 2 is 1.90 bits per heavy atom. The molecule has 1 N–H and O–H groups in total. The topological polar surface area (TPSA) is 15.3 Å². The van der Waals surface area contributed by atoms with E-state index in [2.05, 4.69) is 37.9 Å². The second-order valence-electron chi connectivity index (χ2n) is 7.88. The molecule has 2 rings (SSSR count). The molecule has 0 aromatic carbocycles. The van der Waals surface area contributed by atoms with E-state index >= 15 is 0 Å². The lowest BCUT2D eigenvalue weighted by molar-refractivity contribution is 0.0572. The van der Waals surface area contributed by atoms with Gasteiger partial charge in [0, 0.05) is 18.1 Å². The van der Waals surface area contributed by atoms with Gasteiger partial charge in [0.2, 0.25) is 0 Å². The van der Waals surface area contributed by atoms with Gasteiger partial charge in [0.05, 0.1) is 0 Å². The predicted molar refractivity (Wildman–Crippen MR) is 92.7 cm³/mol. The molecule has 1 saturated heterocycles. The van der Waals surface area contributed by atoms with Crippen molar-refractivity contribution in [1.82, 2.24) is 10.2 Å². The van der Waals surface area contributed by atoms with Crippen LogP contribution >= 0.6 is 0 Å². The molecule has 1 aliphatic heterocycles. The summed E-state index contributed by atoms with van der Waals surface area (Å²) in [6.07, 6.45) is 11.2. The summed E-state index contributed by atoms with van der Waals surface area (Å²) in [7, 11) is 0. The van der Waals surface area contributed by atoms with Gasteiger partial charge in [0.15, 0.2) is 0 Å². The van der Waals surface area contributed by atoms with Crippen LogP contribution in [0.3, 0.4) is 0 Å². The molecule has 0 bridgehead atoms. The maximum absolute atomic E-state index is 3.88. The second kappa shape index (κ2) is 8.53. The Labute approximate surface area is 133 Å². The summed E-state index contributed by atoms with van der Waals surface area (Å²) in [5.74, 6) is 1.78. The van der Waals surface area contributed by atoms with Gasteiger partial charge in [-0.3, -0.25) is 4.90 Å². The zero-order chi connectivity index (χ0) is 15.2. The van der Waals surface area contributed by atoms with E-state index in [1.165, 1.54) is 64.5 Å². The van der Waals surface area contributed by atoms with Crippen LogP contribution in [0.1, 0.15) is 79.1 Å². The quantitative estimate of drug-likeness (QED) is 0.806. The van der Waals surface area contributed by atoms with Gasteiger partial charge in [0.25, 0.3) is 0 Å². The molecule has 21 heavy (non-hydrogen) atoms. The molecule has 0 amide bonds. The minimum atomic E-state index is 0.737. The third-order valence-corrected chi connectivity index (χ3v) is 5.99. The summed E-state index contributed by atoms with van der Waals surface area (Å²) in [6, 6.07) is 2.31. The maximum Gasteiger partial charge on any atom is 0.0254 e. The van der Waals surface area contributed by atoms with Crippen molar-refractivity contribution in [2.24, 2.45) is 11.8 Å². The minimum absolute atomic E-state index is 0.737. The van der Waals surface area contributed by atoms with Crippen LogP contribution in [-0.2, 0) is 0 Å².